The second kappa shape index (κ2) is 7.46. The van der Waals surface area contributed by atoms with Gasteiger partial charge in [0.2, 0.25) is 0 Å². The summed E-state index contributed by atoms with van der Waals surface area (Å²) in [5, 5.41) is 8.94. The number of ketones is 1. The predicted molar refractivity (Wildman–Crippen MR) is 114 cm³/mol. The molecule has 2 aromatic carbocycles. The lowest BCUT2D eigenvalue weighted by Gasteiger charge is -2.34. The Morgan fingerprint density at radius 2 is 1.80 bits per heavy atom. The quantitative estimate of drug-likeness (QED) is 0.650. The third-order valence-corrected chi connectivity index (χ3v) is 5.50. The van der Waals surface area contributed by atoms with Gasteiger partial charge >= 0.3 is 0 Å². The van der Waals surface area contributed by atoms with Crippen molar-refractivity contribution in [3.63, 3.8) is 0 Å². The number of aromatic amines is 1. The Bertz CT molecular complexity index is 1070. The lowest BCUT2D eigenvalue weighted by molar-refractivity contribution is -0.123. The second-order valence-electron chi connectivity index (χ2n) is 7.43. The van der Waals surface area contributed by atoms with Crippen LogP contribution in [0, 0.1) is 5.41 Å². The molecule has 2 atom stereocenters. The highest BCUT2D eigenvalue weighted by molar-refractivity contribution is 6.26. The molecule has 1 aliphatic rings. The number of hydrogen-bond donors (Lipinski definition) is 2. The standard InChI is InChI=1S/C22H24N4O4/c1-22(12-28-2)19(27)18(21-24-16-7-5-6-8-17(16)25-21)20(23)26(22)13-9-14(29-3)11-15(10-13)30-4/h5-11,18,23H,12H2,1-4H3,(H,24,25). The number of methoxy groups -OCH3 is 3. The van der Waals surface area contributed by atoms with Crippen LogP contribution in [0.1, 0.15) is 18.7 Å². The minimum Gasteiger partial charge on any atom is -0.497 e. The van der Waals surface area contributed by atoms with E-state index in [9.17, 15) is 4.79 Å². The number of carbonyl (C=O) groups is 1. The van der Waals surface area contributed by atoms with Crippen molar-refractivity contribution in [1.82, 2.24) is 9.97 Å². The molecule has 0 saturated carbocycles. The minimum atomic E-state index is -1.09. The highest BCUT2D eigenvalue weighted by atomic mass is 16.5. The SMILES string of the molecule is COCC1(C)C(=O)C(c2nc3ccccc3[nH]2)C(=N)N1c1cc(OC)cc(OC)c1. The average Bonchev–Trinajstić information content (AvgIpc) is 3.24. The van der Waals surface area contributed by atoms with Gasteiger partial charge in [0, 0.05) is 25.3 Å². The van der Waals surface area contributed by atoms with Gasteiger partial charge in [-0.05, 0) is 19.1 Å². The highest BCUT2D eigenvalue weighted by Gasteiger charge is 2.55. The van der Waals surface area contributed by atoms with E-state index in [2.05, 4.69) is 9.97 Å². The van der Waals surface area contributed by atoms with Gasteiger partial charge in [-0.2, -0.15) is 0 Å². The largest absolute Gasteiger partial charge is 0.497 e. The minimum absolute atomic E-state index is 0.116. The fraction of sp³-hybridized carbons (Fsp3) is 0.318. The number of Topliss-reactive ketones (excluding diaryl/α,β-unsaturated/α-hetero) is 1. The van der Waals surface area contributed by atoms with Crippen molar-refractivity contribution in [3.05, 3.63) is 48.3 Å². The molecule has 1 aliphatic heterocycles. The first-order chi connectivity index (χ1) is 14.4. The molecule has 8 nitrogen and oxygen atoms in total. The molecule has 30 heavy (non-hydrogen) atoms. The molecule has 0 aliphatic carbocycles. The van der Waals surface area contributed by atoms with E-state index in [4.69, 9.17) is 19.6 Å². The zero-order valence-corrected chi connectivity index (χ0v) is 17.4. The fourth-order valence-corrected chi connectivity index (χ4v) is 4.07. The Kier molecular flexibility index (Phi) is 4.95. The molecule has 2 heterocycles. The molecule has 8 heteroatoms. The Morgan fingerprint density at radius 1 is 1.13 bits per heavy atom. The normalized spacial score (nSPS) is 21.5. The number of carbonyl (C=O) groups excluding carboxylic acids is 1. The number of ether oxygens (including phenoxy) is 3. The van der Waals surface area contributed by atoms with E-state index >= 15 is 0 Å². The van der Waals surface area contributed by atoms with Crippen LogP contribution < -0.4 is 14.4 Å². The van der Waals surface area contributed by atoms with Gasteiger partial charge in [0.1, 0.15) is 34.6 Å². The van der Waals surface area contributed by atoms with Crippen LogP contribution in [0.2, 0.25) is 0 Å². The highest BCUT2D eigenvalue weighted by Crippen LogP contribution is 2.42. The number of rotatable bonds is 6. The van der Waals surface area contributed by atoms with Crippen LogP contribution in [0.3, 0.4) is 0 Å². The first-order valence-corrected chi connectivity index (χ1v) is 9.52. The molecule has 0 radical (unpaired) electrons. The topological polar surface area (TPSA) is 101 Å². The summed E-state index contributed by atoms with van der Waals surface area (Å²) in [6.07, 6.45) is 0. The summed E-state index contributed by atoms with van der Waals surface area (Å²) in [7, 11) is 4.66. The number of anilines is 1. The van der Waals surface area contributed by atoms with E-state index in [0.717, 1.165) is 11.0 Å². The number of hydrogen-bond acceptors (Lipinski definition) is 6. The summed E-state index contributed by atoms with van der Waals surface area (Å²) >= 11 is 0. The lowest BCUT2D eigenvalue weighted by atomic mass is 9.92. The molecule has 2 N–H and O–H groups in total. The monoisotopic (exact) mass is 408 g/mol. The number of amidine groups is 1. The van der Waals surface area contributed by atoms with E-state index in [1.165, 1.54) is 0 Å². The molecule has 156 valence electrons. The number of nitrogens with zero attached hydrogens (tertiary/aromatic N) is 2. The van der Waals surface area contributed by atoms with Gasteiger partial charge < -0.3 is 24.1 Å². The smallest absolute Gasteiger partial charge is 0.179 e. The maximum Gasteiger partial charge on any atom is 0.179 e. The number of benzene rings is 2. The summed E-state index contributed by atoms with van der Waals surface area (Å²) in [5.74, 6) is 0.706. The van der Waals surface area contributed by atoms with E-state index in [1.54, 1.807) is 51.4 Å². The van der Waals surface area contributed by atoms with Gasteiger partial charge in [0.15, 0.2) is 5.78 Å². The van der Waals surface area contributed by atoms with Crippen LogP contribution in [0.5, 0.6) is 11.5 Å². The summed E-state index contributed by atoms with van der Waals surface area (Å²) in [4.78, 5) is 23.1. The van der Waals surface area contributed by atoms with Crippen LogP contribution in [0.4, 0.5) is 5.69 Å². The van der Waals surface area contributed by atoms with E-state index < -0.39 is 11.5 Å². The predicted octanol–water partition coefficient (Wildman–Crippen LogP) is 3.14. The molecule has 0 amide bonds. The van der Waals surface area contributed by atoms with Crippen molar-refractivity contribution >= 4 is 28.3 Å². The molecule has 3 aromatic rings. The van der Waals surface area contributed by atoms with E-state index in [0.29, 0.717) is 23.0 Å². The van der Waals surface area contributed by atoms with Crippen molar-refractivity contribution in [2.75, 3.05) is 32.8 Å². The summed E-state index contributed by atoms with van der Waals surface area (Å²) in [5.41, 5.74) is 1.10. The van der Waals surface area contributed by atoms with Crippen LogP contribution in [0.25, 0.3) is 11.0 Å². The first kappa shape index (κ1) is 19.9. The van der Waals surface area contributed by atoms with Gasteiger partial charge in [0.25, 0.3) is 0 Å². The zero-order valence-electron chi connectivity index (χ0n) is 17.4. The Balaban J connectivity index is 1.85. The van der Waals surface area contributed by atoms with Crippen molar-refractivity contribution in [2.45, 2.75) is 18.4 Å². The van der Waals surface area contributed by atoms with Crippen molar-refractivity contribution in [3.8, 4) is 11.5 Å². The van der Waals surface area contributed by atoms with Crippen molar-refractivity contribution in [2.24, 2.45) is 0 Å². The third kappa shape index (κ3) is 3.00. The summed E-state index contributed by atoms with van der Waals surface area (Å²) in [6, 6.07) is 12.9. The van der Waals surface area contributed by atoms with Gasteiger partial charge in [-0.25, -0.2) is 4.98 Å². The second-order valence-corrected chi connectivity index (χ2v) is 7.43. The number of nitrogens with one attached hydrogen (secondary N) is 2. The molecular formula is C22H24N4O4. The fourth-order valence-electron chi connectivity index (χ4n) is 4.07. The Morgan fingerprint density at radius 3 is 2.40 bits per heavy atom. The summed E-state index contributed by atoms with van der Waals surface area (Å²) < 4.78 is 16.2. The first-order valence-electron chi connectivity index (χ1n) is 9.52. The van der Waals surface area contributed by atoms with Crippen molar-refractivity contribution in [1.29, 1.82) is 5.41 Å². The molecule has 1 fully saturated rings. The van der Waals surface area contributed by atoms with E-state index in [-0.39, 0.29) is 18.2 Å². The number of aromatic nitrogens is 2. The molecule has 1 aromatic heterocycles. The van der Waals surface area contributed by atoms with Crippen LogP contribution in [-0.2, 0) is 9.53 Å². The number of fused-ring (bicyclic) bond motifs is 1. The number of para-hydroxylation sites is 2. The van der Waals surface area contributed by atoms with E-state index in [1.807, 2.05) is 24.3 Å². The molecule has 0 spiro atoms. The molecule has 0 bridgehead atoms. The zero-order chi connectivity index (χ0) is 21.5. The maximum atomic E-state index is 13.6. The van der Waals surface area contributed by atoms with Gasteiger partial charge in [-0.1, -0.05) is 12.1 Å². The number of H-pyrrole nitrogens is 1. The summed E-state index contributed by atoms with van der Waals surface area (Å²) in [6.45, 7) is 1.90. The molecule has 1 saturated heterocycles. The van der Waals surface area contributed by atoms with Crippen LogP contribution >= 0.6 is 0 Å². The lowest BCUT2D eigenvalue weighted by Crippen LogP contribution is -2.51. The Labute approximate surface area is 174 Å². The van der Waals surface area contributed by atoms with Gasteiger partial charge in [-0.3, -0.25) is 10.2 Å². The Hall–Kier alpha value is -3.39. The van der Waals surface area contributed by atoms with Crippen LogP contribution in [0.15, 0.2) is 42.5 Å². The van der Waals surface area contributed by atoms with Gasteiger partial charge in [0.05, 0.1) is 37.5 Å². The average molecular weight is 408 g/mol. The van der Waals surface area contributed by atoms with Crippen molar-refractivity contribution < 1.29 is 19.0 Å². The third-order valence-electron chi connectivity index (χ3n) is 5.50. The van der Waals surface area contributed by atoms with Gasteiger partial charge in [-0.15, -0.1) is 0 Å². The maximum absolute atomic E-state index is 13.6. The van der Waals surface area contributed by atoms with Crippen LogP contribution in [-0.4, -0.2) is 55.1 Å². The molecule has 4 rings (SSSR count). The molecular weight excluding hydrogens is 384 g/mol. The number of imidazole rings is 1. The molecule has 2 unspecified atom stereocenters.